The number of hydrogen-bond acceptors (Lipinski definition) is 4. The van der Waals surface area contributed by atoms with Crippen molar-refractivity contribution in [2.24, 2.45) is 0 Å². The van der Waals surface area contributed by atoms with Gasteiger partial charge < -0.3 is 10.1 Å². The number of carbonyl (C=O) groups is 1. The van der Waals surface area contributed by atoms with E-state index in [2.05, 4.69) is 10.2 Å². The van der Waals surface area contributed by atoms with Gasteiger partial charge in [0, 0.05) is 12.1 Å². The molecular formula is C14H26N2O2. The Morgan fingerprint density at radius 1 is 1.33 bits per heavy atom. The third kappa shape index (κ3) is 3.69. The summed E-state index contributed by atoms with van der Waals surface area (Å²) in [6.45, 7) is 8.37. The normalized spacial score (nSPS) is 29.7. The van der Waals surface area contributed by atoms with Crippen LogP contribution in [0, 0.1) is 0 Å². The lowest BCUT2D eigenvalue weighted by Gasteiger charge is -2.29. The van der Waals surface area contributed by atoms with Crippen molar-refractivity contribution in [3.8, 4) is 0 Å². The summed E-state index contributed by atoms with van der Waals surface area (Å²) in [7, 11) is 0. The first-order valence-electron chi connectivity index (χ1n) is 7.15. The van der Waals surface area contributed by atoms with Gasteiger partial charge in [0.15, 0.2) is 0 Å². The molecule has 18 heavy (non-hydrogen) atoms. The van der Waals surface area contributed by atoms with Gasteiger partial charge in [-0.15, -0.1) is 0 Å². The third-order valence-electron chi connectivity index (χ3n) is 3.73. The molecule has 2 aliphatic rings. The molecule has 0 aromatic heterocycles. The van der Waals surface area contributed by atoms with Crippen LogP contribution in [0.5, 0.6) is 0 Å². The van der Waals surface area contributed by atoms with Crippen molar-refractivity contribution in [1.82, 2.24) is 10.2 Å². The van der Waals surface area contributed by atoms with Crippen LogP contribution in [0.4, 0.5) is 0 Å². The highest BCUT2D eigenvalue weighted by Crippen LogP contribution is 2.24. The molecule has 2 fully saturated rings. The Hall–Kier alpha value is -0.610. The van der Waals surface area contributed by atoms with E-state index < -0.39 is 0 Å². The molecule has 2 atom stereocenters. The van der Waals surface area contributed by atoms with Crippen LogP contribution in [0.3, 0.4) is 0 Å². The Labute approximate surface area is 110 Å². The minimum Gasteiger partial charge on any atom is -0.459 e. The summed E-state index contributed by atoms with van der Waals surface area (Å²) >= 11 is 0. The molecule has 2 rings (SSSR count). The first kappa shape index (κ1) is 13.8. The van der Waals surface area contributed by atoms with Crippen LogP contribution in [0.1, 0.15) is 46.5 Å². The summed E-state index contributed by atoms with van der Waals surface area (Å²) in [5, 5.41) is 3.56. The van der Waals surface area contributed by atoms with Crippen molar-refractivity contribution < 1.29 is 9.53 Å². The molecule has 2 unspecified atom stereocenters. The van der Waals surface area contributed by atoms with Crippen molar-refractivity contribution in [3.63, 3.8) is 0 Å². The lowest BCUT2D eigenvalue weighted by Crippen LogP contribution is -2.46. The highest BCUT2D eigenvalue weighted by molar-refractivity contribution is 5.72. The molecule has 0 radical (unpaired) electrons. The van der Waals surface area contributed by atoms with Crippen molar-refractivity contribution in [3.05, 3.63) is 0 Å². The lowest BCUT2D eigenvalue weighted by atomic mass is 10.0. The van der Waals surface area contributed by atoms with Crippen LogP contribution in [0.15, 0.2) is 0 Å². The number of nitrogens with zero attached hydrogens (tertiary/aromatic N) is 1. The standard InChI is InChI=1S/C14H26N2O2/c1-14(2,3)18-13(17)10-16-9-5-7-12(16)11-6-4-8-15-11/h11-12,15H,4-10H2,1-3H3. The molecule has 0 saturated carbocycles. The molecule has 0 spiro atoms. The molecule has 0 aromatic carbocycles. The maximum absolute atomic E-state index is 11.9. The summed E-state index contributed by atoms with van der Waals surface area (Å²) in [6, 6.07) is 1.11. The predicted octanol–water partition coefficient (Wildman–Crippen LogP) is 1.54. The van der Waals surface area contributed by atoms with Crippen molar-refractivity contribution in [2.75, 3.05) is 19.6 Å². The molecule has 4 nitrogen and oxygen atoms in total. The average Bonchev–Trinajstić information content (AvgIpc) is 2.82. The van der Waals surface area contributed by atoms with Gasteiger partial charge in [-0.25, -0.2) is 0 Å². The number of esters is 1. The minimum absolute atomic E-state index is 0.0904. The molecule has 2 heterocycles. The van der Waals surface area contributed by atoms with Gasteiger partial charge in [-0.05, 0) is 59.5 Å². The van der Waals surface area contributed by atoms with Gasteiger partial charge in [0.25, 0.3) is 0 Å². The monoisotopic (exact) mass is 254 g/mol. The first-order chi connectivity index (χ1) is 8.46. The van der Waals surface area contributed by atoms with Gasteiger partial charge in [-0.3, -0.25) is 9.69 Å². The zero-order valence-corrected chi connectivity index (χ0v) is 11.9. The van der Waals surface area contributed by atoms with Crippen LogP contribution in [-0.2, 0) is 9.53 Å². The topological polar surface area (TPSA) is 41.6 Å². The van der Waals surface area contributed by atoms with Crippen molar-refractivity contribution in [2.45, 2.75) is 64.1 Å². The Morgan fingerprint density at radius 2 is 2.11 bits per heavy atom. The molecule has 2 aliphatic heterocycles. The maximum atomic E-state index is 11.9. The van der Waals surface area contributed by atoms with Gasteiger partial charge in [0.1, 0.15) is 5.60 Å². The zero-order chi connectivity index (χ0) is 13.2. The van der Waals surface area contributed by atoms with Gasteiger partial charge in [-0.1, -0.05) is 0 Å². The quantitative estimate of drug-likeness (QED) is 0.776. The van der Waals surface area contributed by atoms with Crippen LogP contribution in [0.2, 0.25) is 0 Å². The fraction of sp³-hybridized carbons (Fsp3) is 0.929. The smallest absolute Gasteiger partial charge is 0.320 e. The van der Waals surface area contributed by atoms with Crippen LogP contribution < -0.4 is 5.32 Å². The number of rotatable bonds is 3. The molecule has 1 N–H and O–H groups in total. The molecule has 104 valence electrons. The van der Waals surface area contributed by atoms with E-state index in [1.807, 2.05) is 20.8 Å². The number of nitrogens with one attached hydrogen (secondary N) is 1. The molecule has 4 heteroatoms. The molecule has 2 saturated heterocycles. The predicted molar refractivity (Wildman–Crippen MR) is 71.5 cm³/mol. The number of ether oxygens (including phenoxy) is 1. The highest BCUT2D eigenvalue weighted by atomic mass is 16.6. The number of likely N-dealkylation sites (tertiary alicyclic amines) is 1. The van der Waals surface area contributed by atoms with E-state index in [-0.39, 0.29) is 11.6 Å². The summed E-state index contributed by atoms with van der Waals surface area (Å²) in [5.74, 6) is -0.0904. The summed E-state index contributed by atoms with van der Waals surface area (Å²) in [6.07, 6.45) is 4.92. The fourth-order valence-electron chi connectivity index (χ4n) is 3.08. The van der Waals surface area contributed by atoms with E-state index in [0.717, 1.165) is 13.1 Å². The van der Waals surface area contributed by atoms with Crippen LogP contribution >= 0.6 is 0 Å². The fourth-order valence-corrected chi connectivity index (χ4v) is 3.08. The van der Waals surface area contributed by atoms with Gasteiger partial charge >= 0.3 is 5.97 Å². The van der Waals surface area contributed by atoms with E-state index in [1.54, 1.807) is 0 Å². The van der Waals surface area contributed by atoms with E-state index in [9.17, 15) is 4.79 Å². The minimum atomic E-state index is -0.377. The third-order valence-corrected chi connectivity index (χ3v) is 3.73. The van der Waals surface area contributed by atoms with Crippen LogP contribution in [0.25, 0.3) is 0 Å². The van der Waals surface area contributed by atoms with Crippen molar-refractivity contribution in [1.29, 1.82) is 0 Å². The zero-order valence-electron chi connectivity index (χ0n) is 11.9. The first-order valence-corrected chi connectivity index (χ1v) is 7.15. The van der Waals surface area contributed by atoms with Crippen molar-refractivity contribution >= 4 is 5.97 Å². The molecule has 0 aliphatic carbocycles. The largest absolute Gasteiger partial charge is 0.459 e. The Morgan fingerprint density at radius 3 is 2.72 bits per heavy atom. The van der Waals surface area contributed by atoms with E-state index in [1.165, 1.54) is 25.7 Å². The van der Waals surface area contributed by atoms with Crippen LogP contribution in [-0.4, -0.2) is 48.2 Å². The van der Waals surface area contributed by atoms with E-state index in [0.29, 0.717) is 18.6 Å². The number of hydrogen-bond donors (Lipinski definition) is 1. The van der Waals surface area contributed by atoms with Gasteiger partial charge in [-0.2, -0.15) is 0 Å². The van der Waals surface area contributed by atoms with Gasteiger partial charge in [0.2, 0.25) is 0 Å². The Kier molecular flexibility index (Phi) is 4.28. The average molecular weight is 254 g/mol. The summed E-state index contributed by atoms with van der Waals surface area (Å²) in [4.78, 5) is 14.2. The molecular weight excluding hydrogens is 228 g/mol. The molecule has 0 bridgehead atoms. The Bertz CT molecular complexity index is 293. The highest BCUT2D eigenvalue weighted by Gasteiger charge is 2.34. The second kappa shape index (κ2) is 5.57. The molecule has 0 aromatic rings. The van der Waals surface area contributed by atoms with Gasteiger partial charge in [0.05, 0.1) is 6.54 Å². The second-order valence-corrected chi connectivity index (χ2v) is 6.47. The Balaban J connectivity index is 1.85. The maximum Gasteiger partial charge on any atom is 0.320 e. The SMILES string of the molecule is CC(C)(C)OC(=O)CN1CCCC1C1CCCN1. The lowest BCUT2D eigenvalue weighted by molar-refractivity contribution is -0.156. The summed E-state index contributed by atoms with van der Waals surface area (Å²) in [5.41, 5.74) is -0.377. The number of carbonyl (C=O) groups excluding carboxylic acids is 1. The van der Waals surface area contributed by atoms with E-state index >= 15 is 0 Å². The summed E-state index contributed by atoms with van der Waals surface area (Å²) < 4.78 is 5.41. The molecule has 0 amide bonds. The van der Waals surface area contributed by atoms with E-state index in [4.69, 9.17) is 4.74 Å². The second-order valence-electron chi connectivity index (χ2n) is 6.47.